The minimum Gasteiger partial charge on any atom is -0.323 e. The van der Waals surface area contributed by atoms with E-state index in [9.17, 15) is 22.8 Å². The summed E-state index contributed by atoms with van der Waals surface area (Å²) in [6.45, 7) is 5.36. The SMILES string of the molecule is Cc1cccc(C(C)C)c1NC(=O)CONC(=O)c1cccc(C(F)(F)F)c1. The summed E-state index contributed by atoms with van der Waals surface area (Å²) in [4.78, 5) is 28.9. The Labute approximate surface area is 160 Å². The van der Waals surface area contributed by atoms with Crippen LogP contribution in [0.2, 0.25) is 0 Å². The first-order valence-corrected chi connectivity index (χ1v) is 8.58. The van der Waals surface area contributed by atoms with Crippen molar-refractivity contribution in [3.63, 3.8) is 0 Å². The van der Waals surface area contributed by atoms with Crippen molar-refractivity contribution >= 4 is 17.5 Å². The summed E-state index contributed by atoms with van der Waals surface area (Å²) < 4.78 is 38.1. The first-order chi connectivity index (χ1) is 13.1. The second-order valence-electron chi connectivity index (χ2n) is 6.54. The molecule has 0 fully saturated rings. The maximum absolute atomic E-state index is 12.7. The van der Waals surface area contributed by atoms with Gasteiger partial charge >= 0.3 is 6.18 Å². The van der Waals surface area contributed by atoms with Crippen molar-refractivity contribution in [1.29, 1.82) is 0 Å². The maximum Gasteiger partial charge on any atom is 0.416 e. The summed E-state index contributed by atoms with van der Waals surface area (Å²) in [5.41, 5.74) is 3.33. The summed E-state index contributed by atoms with van der Waals surface area (Å²) >= 11 is 0. The molecule has 2 amide bonds. The smallest absolute Gasteiger partial charge is 0.323 e. The Morgan fingerprint density at radius 2 is 1.79 bits per heavy atom. The maximum atomic E-state index is 12.7. The normalized spacial score (nSPS) is 11.4. The highest BCUT2D eigenvalue weighted by Gasteiger charge is 2.30. The van der Waals surface area contributed by atoms with E-state index in [1.165, 1.54) is 6.07 Å². The van der Waals surface area contributed by atoms with Crippen LogP contribution in [0.5, 0.6) is 0 Å². The van der Waals surface area contributed by atoms with Crippen LogP contribution in [-0.4, -0.2) is 18.4 Å². The number of nitrogens with one attached hydrogen (secondary N) is 2. The van der Waals surface area contributed by atoms with Gasteiger partial charge in [0.15, 0.2) is 6.61 Å². The molecule has 0 atom stereocenters. The number of aryl methyl sites for hydroxylation is 1. The second kappa shape index (κ2) is 8.88. The number of rotatable bonds is 6. The molecule has 0 aliphatic rings. The molecular formula is C20H21F3N2O3. The van der Waals surface area contributed by atoms with E-state index in [4.69, 9.17) is 4.84 Å². The zero-order chi connectivity index (χ0) is 20.9. The number of hydrogen-bond acceptors (Lipinski definition) is 3. The highest BCUT2D eigenvalue weighted by molar-refractivity contribution is 5.95. The zero-order valence-corrected chi connectivity index (χ0v) is 15.7. The first kappa shape index (κ1) is 21.4. The van der Waals surface area contributed by atoms with Crippen molar-refractivity contribution in [2.45, 2.75) is 32.9 Å². The molecule has 150 valence electrons. The number of para-hydroxylation sites is 1. The van der Waals surface area contributed by atoms with E-state index in [1.54, 1.807) is 0 Å². The van der Waals surface area contributed by atoms with E-state index in [-0.39, 0.29) is 11.5 Å². The van der Waals surface area contributed by atoms with Crippen LogP contribution < -0.4 is 10.8 Å². The summed E-state index contributed by atoms with van der Waals surface area (Å²) in [5, 5.41) is 2.74. The van der Waals surface area contributed by atoms with Crippen LogP contribution >= 0.6 is 0 Å². The molecule has 2 rings (SSSR count). The fraction of sp³-hybridized carbons (Fsp3) is 0.300. The van der Waals surface area contributed by atoms with Crippen molar-refractivity contribution in [3.8, 4) is 0 Å². The number of hydrogen-bond donors (Lipinski definition) is 2. The van der Waals surface area contributed by atoms with Gasteiger partial charge in [-0.2, -0.15) is 13.2 Å². The standard InChI is InChI=1S/C20H21F3N2O3/c1-12(2)16-9-4-6-13(3)18(16)24-17(26)11-28-25-19(27)14-7-5-8-15(10-14)20(21,22)23/h4-10,12H,11H2,1-3H3,(H,24,26)(H,25,27). The van der Waals surface area contributed by atoms with Crippen LogP contribution in [0.4, 0.5) is 18.9 Å². The molecule has 0 radical (unpaired) electrons. The average molecular weight is 394 g/mol. The molecular weight excluding hydrogens is 373 g/mol. The average Bonchev–Trinajstić information content (AvgIpc) is 2.62. The predicted molar refractivity (Wildman–Crippen MR) is 98.8 cm³/mol. The number of benzene rings is 2. The van der Waals surface area contributed by atoms with Crippen molar-refractivity contribution in [1.82, 2.24) is 5.48 Å². The van der Waals surface area contributed by atoms with Crippen LogP contribution in [0.15, 0.2) is 42.5 Å². The molecule has 0 bridgehead atoms. The van der Waals surface area contributed by atoms with Crippen LogP contribution in [0.25, 0.3) is 0 Å². The minimum atomic E-state index is -4.56. The molecule has 5 nitrogen and oxygen atoms in total. The van der Waals surface area contributed by atoms with Gasteiger partial charge in [0.1, 0.15) is 0 Å². The summed E-state index contributed by atoms with van der Waals surface area (Å²) in [6, 6.07) is 9.57. The minimum absolute atomic E-state index is 0.191. The van der Waals surface area contributed by atoms with Crippen LogP contribution in [0, 0.1) is 6.92 Å². The molecule has 2 aromatic rings. The Morgan fingerprint density at radius 1 is 1.11 bits per heavy atom. The Kier molecular flexibility index (Phi) is 6.80. The number of carbonyl (C=O) groups is 2. The van der Waals surface area contributed by atoms with E-state index >= 15 is 0 Å². The van der Waals surface area contributed by atoms with Crippen LogP contribution in [0.1, 0.15) is 46.8 Å². The van der Waals surface area contributed by atoms with Crippen molar-refractivity contribution < 1.29 is 27.6 Å². The molecule has 28 heavy (non-hydrogen) atoms. The number of amides is 2. The van der Waals surface area contributed by atoms with E-state index in [1.807, 2.05) is 44.5 Å². The third-order valence-electron chi connectivity index (χ3n) is 4.01. The van der Waals surface area contributed by atoms with Crippen LogP contribution in [0.3, 0.4) is 0 Å². The Balaban J connectivity index is 1.94. The van der Waals surface area contributed by atoms with Gasteiger partial charge in [-0.1, -0.05) is 38.1 Å². The third kappa shape index (κ3) is 5.56. The van der Waals surface area contributed by atoms with Gasteiger partial charge in [-0.05, 0) is 42.2 Å². The van der Waals surface area contributed by atoms with Gasteiger partial charge in [-0.15, -0.1) is 0 Å². The van der Waals surface area contributed by atoms with E-state index in [0.29, 0.717) is 11.8 Å². The largest absolute Gasteiger partial charge is 0.416 e. The van der Waals surface area contributed by atoms with E-state index in [0.717, 1.165) is 23.3 Å². The molecule has 0 aliphatic heterocycles. The molecule has 2 N–H and O–H groups in total. The molecule has 0 aromatic heterocycles. The number of halogens is 3. The molecule has 0 saturated heterocycles. The molecule has 0 unspecified atom stereocenters. The quantitative estimate of drug-likeness (QED) is 0.712. The Bertz CT molecular complexity index is 864. The number of anilines is 1. The lowest BCUT2D eigenvalue weighted by Gasteiger charge is -2.16. The van der Waals surface area contributed by atoms with Gasteiger partial charge in [0.2, 0.25) is 0 Å². The number of alkyl halides is 3. The first-order valence-electron chi connectivity index (χ1n) is 8.58. The molecule has 0 aliphatic carbocycles. The molecule has 0 saturated carbocycles. The molecule has 2 aromatic carbocycles. The van der Waals surface area contributed by atoms with Crippen LogP contribution in [-0.2, 0) is 15.8 Å². The van der Waals surface area contributed by atoms with Crippen molar-refractivity contribution in [2.75, 3.05) is 11.9 Å². The van der Waals surface area contributed by atoms with Gasteiger partial charge in [0.05, 0.1) is 5.56 Å². The summed E-state index contributed by atoms with van der Waals surface area (Å²) in [6.07, 6.45) is -4.56. The monoisotopic (exact) mass is 394 g/mol. The number of hydroxylamine groups is 1. The van der Waals surface area contributed by atoms with Gasteiger partial charge in [-0.25, -0.2) is 5.48 Å². The van der Waals surface area contributed by atoms with Gasteiger partial charge in [-0.3, -0.25) is 14.4 Å². The predicted octanol–water partition coefficient (Wildman–Crippen LogP) is 4.44. The van der Waals surface area contributed by atoms with Gasteiger partial charge < -0.3 is 5.32 Å². The van der Waals surface area contributed by atoms with Crippen molar-refractivity contribution in [2.24, 2.45) is 0 Å². The lowest BCUT2D eigenvalue weighted by Crippen LogP contribution is -2.29. The Hall–Kier alpha value is -2.87. The summed E-state index contributed by atoms with van der Waals surface area (Å²) in [5.74, 6) is -1.19. The fourth-order valence-corrected chi connectivity index (χ4v) is 2.58. The van der Waals surface area contributed by atoms with Gasteiger partial charge in [0, 0.05) is 11.3 Å². The Morgan fingerprint density at radius 3 is 2.43 bits per heavy atom. The number of carbonyl (C=O) groups excluding carboxylic acids is 2. The lowest BCUT2D eigenvalue weighted by molar-refractivity contribution is -0.137. The third-order valence-corrected chi connectivity index (χ3v) is 4.01. The highest BCUT2D eigenvalue weighted by atomic mass is 19.4. The topological polar surface area (TPSA) is 67.4 Å². The van der Waals surface area contributed by atoms with Crippen molar-refractivity contribution in [3.05, 3.63) is 64.7 Å². The summed E-state index contributed by atoms with van der Waals surface area (Å²) in [7, 11) is 0. The lowest BCUT2D eigenvalue weighted by atomic mass is 9.98. The van der Waals surface area contributed by atoms with E-state index in [2.05, 4.69) is 5.32 Å². The fourth-order valence-electron chi connectivity index (χ4n) is 2.58. The highest BCUT2D eigenvalue weighted by Crippen LogP contribution is 2.29. The second-order valence-corrected chi connectivity index (χ2v) is 6.54. The molecule has 0 heterocycles. The van der Waals surface area contributed by atoms with Gasteiger partial charge in [0.25, 0.3) is 11.8 Å². The zero-order valence-electron chi connectivity index (χ0n) is 15.7. The molecule has 0 spiro atoms. The van der Waals surface area contributed by atoms with E-state index < -0.39 is 30.2 Å². The molecule has 8 heteroatoms.